The summed E-state index contributed by atoms with van der Waals surface area (Å²) in [4.78, 5) is 0. The molecular formula is C9H16O2. The van der Waals surface area contributed by atoms with Gasteiger partial charge in [0.05, 0.1) is 18.3 Å². The summed E-state index contributed by atoms with van der Waals surface area (Å²) in [5, 5.41) is 9.02. The largest absolute Gasteiger partial charge is 0.393 e. The molecule has 1 aliphatic carbocycles. The fourth-order valence-corrected chi connectivity index (χ4v) is 1.85. The molecule has 0 bridgehead atoms. The Balaban J connectivity index is 1.91. The van der Waals surface area contributed by atoms with Crippen LogP contribution in [-0.2, 0) is 4.74 Å². The maximum atomic E-state index is 9.02. The van der Waals surface area contributed by atoms with Gasteiger partial charge in [0, 0.05) is 0 Å². The molecule has 1 saturated heterocycles. The normalized spacial score (nSPS) is 44.7. The lowest BCUT2D eigenvalue weighted by Crippen LogP contribution is -2.29. The van der Waals surface area contributed by atoms with Gasteiger partial charge in [-0.2, -0.15) is 0 Å². The summed E-state index contributed by atoms with van der Waals surface area (Å²) in [6, 6.07) is 0. The van der Waals surface area contributed by atoms with Crippen LogP contribution >= 0.6 is 0 Å². The second kappa shape index (κ2) is 2.46. The summed E-state index contributed by atoms with van der Waals surface area (Å²) in [6.07, 6.45) is 5.33. The summed E-state index contributed by atoms with van der Waals surface area (Å²) in [5.74, 6) is 0.823. The Morgan fingerprint density at radius 1 is 1.45 bits per heavy atom. The second-order valence-electron chi connectivity index (χ2n) is 4.14. The van der Waals surface area contributed by atoms with Crippen LogP contribution in [0.15, 0.2) is 0 Å². The molecule has 1 aliphatic heterocycles. The van der Waals surface area contributed by atoms with E-state index in [-0.39, 0.29) is 12.2 Å². The van der Waals surface area contributed by atoms with E-state index in [2.05, 4.69) is 0 Å². The lowest BCUT2D eigenvalue weighted by atomic mass is 10.0. The average molecular weight is 156 g/mol. The van der Waals surface area contributed by atoms with Crippen LogP contribution in [-0.4, -0.2) is 23.4 Å². The molecule has 0 aromatic carbocycles. The van der Waals surface area contributed by atoms with E-state index in [1.165, 1.54) is 12.8 Å². The minimum absolute atomic E-state index is 0.177. The van der Waals surface area contributed by atoms with Crippen LogP contribution in [0.4, 0.5) is 0 Å². The fourth-order valence-electron chi connectivity index (χ4n) is 1.85. The summed E-state index contributed by atoms with van der Waals surface area (Å²) in [5.41, 5.74) is -0.215. The van der Waals surface area contributed by atoms with Crippen LogP contribution in [0.5, 0.6) is 0 Å². The van der Waals surface area contributed by atoms with Crippen LogP contribution in [0.25, 0.3) is 0 Å². The van der Waals surface area contributed by atoms with E-state index >= 15 is 0 Å². The van der Waals surface area contributed by atoms with Gasteiger partial charge >= 0.3 is 0 Å². The molecule has 2 atom stereocenters. The van der Waals surface area contributed by atoms with Crippen molar-refractivity contribution in [2.24, 2.45) is 5.92 Å². The minimum Gasteiger partial charge on any atom is -0.393 e. The van der Waals surface area contributed by atoms with Crippen LogP contribution in [0.2, 0.25) is 0 Å². The average Bonchev–Trinajstić information content (AvgIpc) is 2.77. The zero-order valence-corrected chi connectivity index (χ0v) is 7.05. The Labute approximate surface area is 67.6 Å². The third kappa shape index (κ3) is 1.42. The molecule has 2 aliphatic rings. The summed E-state index contributed by atoms with van der Waals surface area (Å²) >= 11 is 0. The predicted octanol–water partition coefficient (Wildman–Crippen LogP) is 1.33. The Morgan fingerprint density at radius 3 is 2.64 bits per heavy atom. The smallest absolute Gasteiger partial charge is 0.0889 e. The first-order valence-corrected chi connectivity index (χ1v) is 4.52. The van der Waals surface area contributed by atoms with Crippen molar-refractivity contribution in [2.45, 2.75) is 44.3 Å². The van der Waals surface area contributed by atoms with Crippen molar-refractivity contribution in [3.05, 3.63) is 0 Å². The molecule has 64 valence electrons. The maximum absolute atomic E-state index is 9.02. The number of ether oxygens (including phenoxy) is 1. The first kappa shape index (κ1) is 7.56. The SMILES string of the molecule is CC1(CO)CCC(C2CC2)O1. The van der Waals surface area contributed by atoms with Crippen molar-refractivity contribution >= 4 is 0 Å². The van der Waals surface area contributed by atoms with E-state index in [4.69, 9.17) is 9.84 Å². The molecule has 1 heterocycles. The Hall–Kier alpha value is -0.0800. The number of rotatable bonds is 2. The third-order valence-electron chi connectivity index (χ3n) is 2.88. The molecule has 2 nitrogen and oxygen atoms in total. The van der Waals surface area contributed by atoms with Gasteiger partial charge in [0.25, 0.3) is 0 Å². The summed E-state index contributed by atoms with van der Waals surface area (Å²) < 4.78 is 5.77. The van der Waals surface area contributed by atoms with Crippen molar-refractivity contribution < 1.29 is 9.84 Å². The van der Waals surface area contributed by atoms with Gasteiger partial charge in [0.15, 0.2) is 0 Å². The Kier molecular flexibility index (Phi) is 1.69. The molecule has 0 amide bonds. The minimum atomic E-state index is -0.215. The lowest BCUT2D eigenvalue weighted by molar-refractivity contribution is -0.0669. The summed E-state index contributed by atoms with van der Waals surface area (Å²) in [6.45, 7) is 2.19. The first-order chi connectivity index (χ1) is 5.23. The van der Waals surface area contributed by atoms with Gasteiger partial charge in [-0.3, -0.25) is 0 Å². The van der Waals surface area contributed by atoms with Gasteiger partial charge in [-0.25, -0.2) is 0 Å². The molecule has 0 spiro atoms. The van der Waals surface area contributed by atoms with Crippen LogP contribution in [0, 0.1) is 5.92 Å². The highest BCUT2D eigenvalue weighted by molar-refractivity contribution is 4.92. The number of hydrogen-bond donors (Lipinski definition) is 1. The van der Waals surface area contributed by atoms with Gasteiger partial charge in [0.2, 0.25) is 0 Å². The van der Waals surface area contributed by atoms with Gasteiger partial charge in [-0.15, -0.1) is 0 Å². The molecule has 1 saturated carbocycles. The van der Waals surface area contributed by atoms with Gasteiger partial charge < -0.3 is 9.84 Å². The molecular weight excluding hydrogens is 140 g/mol. The lowest BCUT2D eigenvalue weighted by Gasteiger charge is -2.21. The molecule has 2 heteroatoms. The third-order valence-corrected chi connectivity index (χ3v) is 2.88. The van der Waals surface area contributed by atoms with E-state index in [0.717, 1.165) is 18.8 Å². The molecule has 0 radical (unpaired) electrons. The Morgan fingerprint density at radius 2 is 2.18 bits per heavy atom. The van der Waals surface area contributed by atoms with E-state index in [1.54, 1.807) is 0 Å². The molecule has 2 unspecified atom stereocenters. The monoisotopic (exact) mass is 156 g/mol. The molecule has 2 rings (SSSR count). The van der Waals surface area contributed by atoms with Crippen molar-refractivity contribution in [3.63, 3.8) is 0 Å². The number of aliphatic hydroxyl groups is 1. The van der Waals surface area contributed by atoms with Crippen LogP contribution in [0.3, 0.4) is 0 Å². The van der Waals surface area contributed by atoms with Gasteiger partial charge in [-0.1, -0.05) is 0 Å². The standard InChI is InChI=1S/C9H16O2/c1-9(6-10)5-4-8(11-9)7-2-3-7/h7-8,10H,2-6H2,1H3. The molecule has 0 aromatic heterocycles. The molecule has 1 N–H and O–H groups in total. The Bertz CT molecular complexity index is 154. The molecule has 11 heavy (non-hydrogen) atoms. The van der Waals surface area contributed by atoms with Crippen molar-refractivity contribution in [1.29, 1.82) is 0 Å². The van der Waals surface area contributed by atoms with E-state index in [0.29, 0.717) is 6.10 Å². The van der Waals surface area contributed by atoms with Crippen molar-refractivity contribution in [2.75, 3.05) is 6.61 Å². The van der Waals surface area contributed by atoms with Gasteiger partial charge in [0.1, 0.15) is 0 Å². The highest BCUT2D eigenvalue weighted by Gasteiger charge is 2.42. The number of aliphatic hydroxyl groups excluding tert-OH is 1. The molecule has 0 aromatic rings. The summed E-state index contributed by atoms with van der Waals surface area (Å²) in [7, 11) is 0. The van der Waals surface area contributed by atoms with E-state index < -0.39 is 0 Å². The molecule has 2 fully saturated rings. The highest BCUT2D eigenvalue weighted by Crippen LogP contribution is 2.43. The predicted molar refractivity (Wildman–Crippen MR) is 42.3 cm³/mol. The van der Waals surface area contributed by atoms with Gasteiger partial charge in [-0.05, 0) is 38.5 Å². The highest BCUT2D eigenvalue weighted by atomic mass is 16.5. The fraction of sp³-hybridized carbons (Fsp3) is 1.00. The topological polar surface area (TPSA) is 29.5 Å². The van der Waals surface area contributed by atoms with E-state index in [1.807, 2.05) is 6.92 Å². The number of hydrogen-bond acceptors (Lipinski definition) is 2. The van der Waals surface area contributed by atoms with E-state index in [9.17, 15) is 0 Å². The zero-order chi connectivity index (χ0) is 7.90. The zero-order valence-electron chi connectivity index (χ0n) is 7.05. The van der Waals surface area contributed by atoms with Crippen LogP contribution in [0.1, 0.15) is 32.6 Å². The van der Waals surface area contributed by atoms with Crippen molar-refractivity contribution in [3.8, 4) is 0 Å². The quantitative estimate of drug-likeness (QED) is 0.653. The second-order valence-corrected chi connectivity index (χ2v) is 4.14. The maximum Gasteiger partial charge on any atom is 0.0889 e. The first-order valence-electron chi connectivity index (χ1n) is 4.52. The van der Waals surface area contributed by atoms with Crippen LogP contribution < -0.4 is 0 Å². The van der Waals surface area contributed by atoms with Crippen molar-refractivity contribution in [1.82, 2.24) is 0 Å².